The number of carboxylic acids is 2. The first-order chi connectivity index (χ1) is 11.7. The molecule has 1 aliphatic heterocycles. The Kier molecular flexibility index (Phi) is 6.43. The van der Waals surface area contributed by atoms with Gasteiger partial charge >= 0.3 is 11.9 Å². The Hall–Kier alpha value is -1.63. The van der Waals surface area contributed by atoms with E-state index in [1.807, 2.05) is 18.2 Å². The number of aliphatic carboxylic acids is 2. The largest absolute Gasteiger partial charge is 0.478 e. The van der Waals surface area contributed by atoms with Crippen LogP contribution in [0.3, 0.4) is 0 Å². The van der Waals surface area contributed by atoms with E-state index >= 15 is 0 Å². The summed E-state index contributed by atoms with van der Waals surface area (Å²) in [6.45, 7) is 1.75. The molecule has 2 aliphatic rings. The molecule has 2 fully saturated rings. The van der Waals surface area contributed by atoms with E-state index in [9.17, 15) is 14.0 Å². The SMILES string of the molecule is F[C@@H]1C[C@@H]2CNC[C@]2(c2ccc(Cl)c(Cl)c2)C1.O=C(O)/C=C/C(=O)O. The number of rotatable bonds is 3. The third-order valence-electron chi connectivity index (χ3n) is 4.60. The summed E-state index contributed by atoms with van der Waals surface area (Å²) in [5.41, 5.74) is 1.05. The summed E-state index contributed by atoms with van der Waals surface area (Å²) in [6, 6.07) is 5.71. The predicted molar refractivity (Wildman–Crippen MR) is 93.0 cm³/mol. The Morgan fingerprint density at radius 2 is 1.84 bits per heavy atom. The Morgan fingerprint density at radius 1 is 1.20 bits per heavy atom. The lowest BCUT2D eigenvalue weighted by Gasteiger charge is -2.29. The Bertz CT molecular complexity index is 681. The molecule has 0 bridgehead atoms. The van der Waals surface area contributed by atoms with Gasteiger partial charge in [-0.15, -0.1) is 0 Å². The number of carbonyl (C=O) groups is 2. The number of halogens is 3. The molecule has 1 aromatic rings. The lowest BCUT2D eigenvalue weighted by Crippen LogP contribution is -2.31. The third kappa shape index (κ3) is 4.71. The minimum absolute atomic E-state index is 0.0757. The standard InChI is InChI=1S/C13H14Cl2FN.C4H4O4/c14-11-2-1-8(4-12(11)15)13-5-10(16)3-9(13)6-17-7-13;5-3(6)1-2-4(7)8/h1-2,4,9-10,17H,3,5-7H2;1-2H,(H,5,6)(H,7,8)/b;2-1+/t9-,10-,13+;/m1./s1. The van der Waals surface area contributed by atoms with E-state index in [0.29, 0.717) is 41.0 Å². The van der Waals surface area contributed by atoms with E-state index in [1.54, 1.807) is 0 Å². The first-order valence-electron chi connectivity index (χ1n) is 7.69. The Balaban J connectivity index is 0.000000242. The van der Waals surface area contributed by atoms with Crippen LogP contribution in [0.15, 0.2) is 30.4 Å². The van der Waals surface area contributed by atoms with Crippen molar-refractivity contribution in [1.82, 2.24) is 5.32 Å². The van der Waals surface area contributed by atoms with E-state index in [0.717, 1.165) is 18.7 Å². The summed E-state index contributed by atoms with van der Waals surface area (Å²) >= 11 is 12.0. The van der Waals surface area contributed by atoms with E-state index in [1.165, 1.54) is 0 Å². The summed E-state index contributed by atoms with van der Waals surface area (Å²) in [5, 5.41) is 20.1. The van der Waals surface area contributed by atoms with Crippen LogP contribution in [0.1, 0.15) is 18.4 Å². The van der Waals surface area contributed by atoms with E-state index < -0.39 is 18.1 Å². The zero-order valence-corrected chi connectivity index (χ0v) is 14.7. The maximum Gasteiger partial charge on any atom is 0.328 e. The minimum Gasteiger partial charge on any atom is -0.478 e. The highest BCUT2D eigenvalue weighted by Crippen LogP contribution is 2.49. The second kappa shape index (κ2) is 8.17. The molecule has 25 heavy (non-hydrogen) atoms. The van der Waals surface area contributed by atoms with Crippen LogP contribution in [-0.4, -0.2) is 41.4 Å². The van der Waals surface area contributed by atoms with Gasteiger partial charge in [-0.25, -0.2) is 14.0 Å². The summed E-state index contributed by atoms with van der Waals surface area (Å²) in [5.74, 6) is -2.13. The Labute approximate surface area is 154 Å². The normalized spacial score (nSPS) is 27.6. The van der Waals surface area contributed by atoms with Crippen molar-refractivity contribution in [2.24, 2.45) is 5.92 Å². The predicted octanol–water partition coefficient (Wildman–Crippen LogP) is 3.29. The fraction of sp³-hybridized carbons (Fsp3) is 0.412. The van der Waals surface area contributed by atoms with Gasteiger partial charge in [-0.2, -0.15) is 0 Å². The van der Waals surface area contributed by atoms with Crippen LogP contribution in [-0.2, 0) is 15.0 Å². The first kappa shape index (κ1) is 19.7. The molecule has 3 rings (SSSR count). The summed E-state index contributed by atoms with van der Waals surface area (Å²) in [4.78, 5) is 19.1. The molecule has 1 heterocycles. The van der Waals surface area contributed by atoms with Crippen LogP contribution in [0.5, 0.6) is 0 Å². The molecule has 0 spiro atoms. The molecule has 1 aromatic carbocycles. The Morgan fingerprint density at radius 3 is 2.40 bits per heavy atom. The number of hydrogen-bond donors (Lipinski definition) is 3. The van der Waals surface area contributed by atoms with Crippen molar-refractivity contribution in [3.05, 3.63) is 46.0 Å². The van der Waals surface area contributed by atoms with Gasteiger partial charge in [0.15, 0.2) is 0 Å². The lowest BCUT2D eigenvalue weighted by molar-refractivity contribution is -0.134. The summed E-state index contributed by atoms with van der Waals surface area (Å²) in [7, 11) is 0. The molecule has 0 unspecified atom stereocenters. The first-order valence-corrected chi connectivity index (χ1v) is 8.44. The molecule has 0 radical (unpaired) electrons. The van der Waals surface area contributed by atoms with Crippen LogP contribution in [0.4, 0.5) is 4.39 Å². The molecule has 3 N–H and O–H groups in total. The fourth-order valence-corrected chi connectivity index (χ4v) is 3.85. The highest BCUT2D eigenvalue weighted by molar-refractivity contribution is 6.42. The second-order valence-corrected chi connectivity index (χ2v) is 6.97. The molecule has 3 atom stereocenters. The highest BCUT2D eigenvalue weighted by Gasteiger charge is 2.51. The van der Waals surface area contributed by atoms with Crippen molar-refractivity contribution in [1.29, 1.82) is 0 Å². The van der Waals surface area contributed by atoms with Crippen LogP contribution in [0, 0.1) is 5.92 Å². The molecule has 1 aliphatic carbocycles. The maximum atomic E-state index is 13.7. The van der Waals surface area contributed by atoms with Gasteiger partial charge in [-0.05, 0) is 43.0 Å². The molecule has 8 heteroatoms. The number of nitrogens with one attached hydrogen (secondary N) is 1. The van der Waals surface area contributed by atoms with Crippen LogP contribution in [0.2, 0.25) is 10.0 Å². The lowest BCUT2D eigenvalue weighted by atomic mass is 9.74. The van der Waals surface area contributed by atoms with Gasteiger partial charge < -0.3 is 15.5 Å². The van der Waals surface area contributed by atoms with Gasteiger partial charge in [0.1, 0.15) is 6.17 Å². The fourth-order valence-electron chi connectivity index (χ4n) is 3.55. The van der Waals surface area contributed by atoms with Crippen molar-refractivity contribution in [2.75, 3.05) is 13.1 Å². The molecular weight excluding hydrogens is 372 g/mol. The smallest absolute Gasteiger partial charge is 0.328 e. The molecule has 0 aromatic heterocycles. The van der Waals surface area contributed by atoms with Crippen molar-refractivity contribution < 1.29 is 24.2 Å². The van der Waals surface area contributed by atoms with Gasteiger partial charge in [-0.3, -0.25) is 0 Å². The van der Waals surface area contributed by atoms with Crippen molar-refractivity contribution >= 4 is 35.1 Å². The average molecular weight is 390 g/mol. The number of carboxylic acid groups (broad SMARTS) is 2. The molecule has 5 nitrogen and oxygen atoms in total. The third-order valence-corrected chi connectivity index (χ3v) is 5.34. The van der Waals surface area contributed by atoms with E-state index in [-0.39, 0.29) is 5.41 Å². The van der Waals surface area contributed by atoms with E-state index in [4.69, 9.17) is 33.4 Å². The van der Waals surface area contributed by atoms with Gasteiger partial charge in [0.2, 0.25) is 0 Å². The quantitative estimate of drug-likeness (QED) is 0.690. The van der Waals surface area contributed by atoms with Crippen LogP contribution in [0.25, 0.3) is 0 Å². The van der Waals surface area contributed by atoms with Crippen LogP contribution >= 0.6 is 23.2 Å². The molecule has 136 valence electrons. The maximum absolute atomic E-state index is 13.7. The number of benzene rings is 1. The van der Waals surface area contributed by atoms with Crippen LogP contribution < -0.4 is 5.32 Å². The van der Waals surface area contributed by atoms with Gasteiger partial charge in [0.25, 0.3) is 0 Å². The molecular formula is C17H18Cl2FNO4. The zero-order chi connectivity index (χ0) is 18.6. The minimum atomic E-state index is -1.26. The molecule has 1 saturated heterocycles. The van der Waals surface area contributed by atoms with Crippen molar-refractivity contribution in [3.8, 4) is 0 Å². The number of hydrogen-bond acceptors (Lipinski definition) is 3. The second-order valence-electron chi connectivity index (χ2n) is 6.16. The van der Waals surface area contributed by atoms with Gasteiger partial charge in [0.05, 0.1) is 10.0 Å². The van der Waals surface area contributed by atoms with Gasteiger partial charge in [-0.1, -0.05) is 29.3 Å². The number of fused-ring (bicyclic) bond motifs is 1. The van der Waals surface area contributed by atoms with Crippen molar-refractivity contribution in [3.63, 3.8) is 0 Å². The summed E-state index contributed by atoms with van der Waals surface area (Å²) in [6.07, 6.45) is 1.69. The molecule has 0 amide bonds. The monoisotopic (exact) mass is 389 g/mol. The van der Waals surface area contributed by atoms with Crippen molar-refractivity contribution in [2.45, 2.75) is 24.4 Å². The average Bonchev–Trinajstić information content (AvgIpc) is 3.05. The highest BCUT2D eigenvalue weighted by atomic mass is 35.5. The van der Waals surface area contributed by atoms with E-state index in [2.05, 4.69) is 5.32 Å². The zero-order valence-electron chi connectivity index (χ0n) is 13.2. The molecule has 1 saturated carbocycles. The summed E-state index contributed by atoms with van der Waals surface area (Å²) < 4.78 is 13.7. The topological polar surface area (TPSA) is 86.6 Å². The number of alkyl halides is 1. The van der Waals surface area contributed by atoms with Gasteiger partial charge in [0, 0.05) is 24.1 Å².